The van der Waals surface area contributed by atoms with Crippen LogP contribution in [0.15, 0.2) is 12.3 Å². The SMILES string of the molecule is CNC(Cc1ccn(C2CCCCC2)n1)CC1CCCO1. The van der Waals surface area contributed by atoms with Crippen LogP contribution >= 0.6 is 0 Å². The summed E-state index contributed by atoms with van der Waals surface area (Å²) in [7, 11) is 2.05. The predicted molar refractivity (Wildman–Crippen MR) is 84.5 cm³/mol. The maximum Gasteiger partial charge on any atom is 0.0640 e. The first-order valence-corrected chi connectivity index (χ1v) is 8.68. The molecular formula is C17H29N3O. The molecule has 1 aromatic heterocycles. The van der Waals surface area contributed by atoms with Crippen molar-refractivity contribution in [2.75, 3.05) is 13.7 Å². The van der Waals surface area contributed by atoms with Gasteiger partial charge in [-0.05, 0) is 45.2 Å². The zero-order chi connectivity index (χ0) is 14.5. The van der Waals surface area contributed by atoms with Crippen LogP contribution in [0.1, 0.15) is 63.1 Å². The van der Waals surface area contributed by atoms with Gasteiger partial charge in [0.05, 0.1) is 17.8 Å². The maximum absolute atomic E-state index is 5.76. The number of hydrogen-bond acceptors (Lipinski definition) is 3. The number of aromatic nitrogens is 2. The van der Waals surface area contributed by atoms with E-state index in [1.54, 1.807) is 0 Å². The summed E-state index contributed by atoms with van der Waals surface area (Å²) in [4.78, 5) is 0. The Hall–Kier alpha value is -0.870. The fourth-order valence-electron chi connectivity index (χ4n) is 3.74. The zero-order valence-electron chi connectivity index (χ0n) is 13.3. The van der Waals surface area contributed by atoms with Crippen molar-refractivity contribution in [2.45, 2.75) is 76.0 Å². The highest BCUT2D eigenvalue weighted by atomic mass is 16.5. The lowest BCUT2D eigenvalue weighted by molar-refractivity contribution is 0.0953. The van der Waals surface area contributed by atoms with Crippen LogP contribution in [-0.4, -0.2) is 35.6 Å². The second-order valence-electron chi connectivity index (χ2n) is 6.64. The maximum atomic E-state index is 5.76. The van der Waals surface area contributed by atoms with Crippen LogP contribution in [0, 0.1) is 0 Å². The van der Waals surface area contributed by atoms with Crippen molar-refractivity contribution in [1.29, 1.82) is 0 Å². The van der Waals surface area contributed by atoms with Crippen LogP contribution < -0.4 is 5.32 Å². The quantitative estimate of drug-likeness (QED) is 0.875. The molecule has 0 spiro atoms. The lowest BCUT2D eigenvalue weighted by Crippen LogP contribution is -2.32. The lowest BCUT2D eigenvalue weighted by atomic mass is 9.96. The summed E-state index contributed by atoms with van der Waals surface area (Å²) in [5.41, 5.74) is 1.22. The van der Waals surface area contributed by atoms with Gasteiger partial charge < -0.3 is 10.1 Å². The van der Waals surface area contributed by atoms with Crippen LogP contribution in [-0.2, 0) is 11.2 Å². The van der Waals surface area contributed by atoms with Gasteiger partial charge in [-0.2, -0.15) is 5.10 Å². The summed E-state index contributed by atoms with van der Waals surface area (Å²) < 4.78 is 7.97. The Bertz CT molecular complexity index is 419. The Kier molecular flexibility index (Phi) is 5.31. The summed E-state index contributed by atoms with van der Waals surface area (Å²) in [6.45, 7) is 0.942. The van der Waals surface area contributed by atoms with Crippen LogP contribution in [0.2, 0.25) is 0 Å². The lowest BCUT2D eigenvalue weighted by Gasteiger charge is -2.22. The zero-order valence-corrected chi connectivity index (χ0v) is 13.3. The Labute approximate surface area is 128 Å². The molecule has 21 heavy (non-hydrogen) atoms. The minimum Gasteiger partial charge on any atom is -0.378 e. The van der Waals surface area contributed by atoms with Crippen LogP contribution in [0.25, 0.3) is 0 Å². The fraction of sp³-hybridized carbons (Fsp3) is 0.824. The molecule has 0 aromatic carbocycles. The van der Waals surface area contributed by atoms with E-state index in [1.165, 1.54) is 50.6 Å². The molecule has 0 amide bonds. The Balaban J connectivity index is 1.54. The third-order valence-electron chi connectivity index (χ3n) is 5.05. The summed E-state index contributed by atoms with van der Waals surface area (Å²) >= 11 is 0. The molecule has 2 unspecified atom stereocenters. The van der Waals surface area contributed by atoms with Gasteiger partial charge >= 0.3 is 0 Å². The summed E-state index contributed by atoms with van der Waals surface area (Å²) in [5, 5.41) is 8.27. The van der Waals surface area contributed by atoms with E-state index < -0.39 is 0 Å². The highest BCUT2D eigenvalue weighted by Crippen LogP contribution is 2.27. The highest BCUT2D eigenvalue weighted by molar-refractivity contribution is 5.03. The summed E-state index contributed by atoms with van der Waals surface area (Å²) in [6, 6.07) is 3.32. The topological polar surface area (TPSA) is 39.1 Å². The molecule has 4 heteroatoms. The van der Waals surface area contributed by atoms with Gasteiger partial charge in [0, 0.05) is 25.3 Å². The van der Waals surface area contributed by atoms with Crippen molar-refractivity contribution >= 4 is 0 Å². The minimum atomic E-state index is 0.447. The standard InChI is InChI=1S/C17H29N3O/c1-18-15(13-17-8-5-11-21-17)12-14-9-10-20(19-14)16-6-3-2-4-7-16/h9-10,15-18H,2-8,11-13H2,1H3. The summed E-state index contributed by atoms with van der Waals surface area (Å²) in [6.07, 6.45) is 13.9. The van der Waals surface area contributed by atoms with Crippen molar-refractivity contribution in [3.63, 3.8) is 0 Å². The second kappa shape index (κ2) is 7.41. The monoisotopic (exact) mass is 291 g/mol. The molecule has 1 aliphatic carbocycles. The summed E-state index contributed by atoms with van der Waals surface area (Å²) in [5.74, 6) is 0. The molecule has 4 nitrogen and oxygen atoms in total. The molecule has 1 saturated heterocycles. The average molecular weight is 291 g/mol. The van der Waals surface area contributed by atoms with E-state index in [0.29, 0.717) is 18.2 Å². The molecule has 2 aliphatic rings. The van der Waals surface area contributed by atoms with Crippen LogP contribution in [0.3, 0.4) is 0 Å². The van der Waals surface area contributed by atoms with Crippen molar-refractivity contribution in [1.82, 2.24) is 15.1 Å². The first-order valence-electron chi connectivity index (χ1n) is 8.68. The third-order valence-corrected chi connectivity index (χ3v) is 5.05. The molecule has 1 aliphatic heterocycles. The van der Waals surface area contributed by atoms with Gasteiger partial charge in [-0.1, -0.05) is 19.3 Å². The van der Waals surface area contributed by atoms with E-state index in [2.05, 4.69) is 29.3 Å². The molecular weight excluding hydrogens is 262 g/mol. The van der Waals surface area contributed by atoms with Crippen LogP contribution in [0.5, 0.6) is 0 Å². The molecule has 0 bridgehead atoms. The van der Waals surface area contributed by atoms with Crippen LogP contribution in [0.4, 0.5) is 0 Å². The van der Waals surface area contributed by atoms with Gasteiger partial charge in [0.2, 0.25) is 0 Å². The normalized spacial score (nSPS) is 25.3. The fourth-order valence-corrected chi connectivity index (χ4v) is 3.74. The van der Waals surface area contributed by atoms with Gasteiger partial charge in [0.15, 0.2) is 0 Å². The molecule has 1 aromatic rings. The van der Waals surface area contributed by atoms with E-state index in [0.717, 1.165) is 19.4 Å². The number of likely N-dealkylation sites (N-methyl/N-ethyl adjacent to an activating group) is 1. The number of ether oxygens (including phenoxy) is 1. The molecule has 2 fully saturated rings. The van der Waals surface area contributed by atoms with E-state index in [4.69, 9.17) is 9.84 Å². The number of nitrogens with zero attached hydrogens (tertiary/aromatic N) is 2. The highest BCUT2D eigenvalue weighted by Gasteiger charge is 2.21. The smallest absolute Gasteiger partial charge is 0.0640 e. The van der Waals surface area contributed by atoms with Gasteiger partial charge in [0.1, 0.15) is 0 Å². The average Bonchev–Trinajstić information content (AvgIpc) is 3.19. The van der Waals surface area contributed by atoms with Crippen molar-refractivity contribution in [2.24, 2.45) is 0 Å². The van der Waals surface area contributed by atoms with Crippen molar-refractivity contribution in [3.05, 3.63) is 18.0 Å². The first kappa shape index (κ1) is 15.0. The number of hydrogen-bond donors (Lipinski definition) is 1. The Morgan fingerprint density at radius 1 is 1.29 bits per heavy atom. The molecule has 3 rings (SSSR count). The Morgan fingerprint density at radius 3 is 2.86 bits per heavy atom. The molecule has 2 atom stereocenters. The van der Waals surface area contributed by atoms with E-state index in [9.17, 15) is 0 Å². The van der Waals surface area contributed by atoms with Crippen molar-refractivity contribution in [3.8, 4) is 0 Å². The number of nitrogens with one attached hydrogen (secondary N) is 1. The van der Waals surface area contributed by atoms with E-state index in [-0.39, 0.29) is 0 Å². The predicted octanol–water partition coefficient (Wildman–Crippen LogP) is 3.09. The molecule has 0 radical (unpaired) electrons. The molecule has 118 valence electrons. The minimum absolute atomic E-state index is 0.447. The molecule has 1 N–H and O–H groups in total. The third kappa shape index (κ3) is 4.07. The second-order valence-corrected chi connectivity index (χ2v) is 6.64. The molecule has 2 heterocycles. The largest absolute Gasteiger partial charge is 0.378 e. The van der Waals surface area contributed by atoms with E-state index >= 15 is 0 Å². The van der Waals surface area contributed by atoms with Gasteiger partial charge in [-0.25, -0.2) is 0 Å². The van der Waals surface area contributed by atoms with Gasteiger partial charge in [0.25, 0.3) is 0 Å². The first-order chi connectivity index (χ1) is 10.3. The van der Waals surface area contributed by atoms with Gasteiger partial charge in [-0.15, -0.1) is 0 Å². The number of rotatable bonds is 6. The molecule has 1 saturated carbocycles. The Morgan fingerprint density at radius 2 is 2.14 bits per heavy atom. The van der Waals surface area contributed by atoms with Crippen molar-refractivity contribution < 1.29 is 4.74 Å². The van der Waals surface area contributed by atoms with E-state index in [1.807, 2.05) is 0 Å². The van der Waals surface area contributed by atoms with Gasteiger partial charge in [-0.3, -0.25) is 4.68 Å².